The van der Waals surface area contributed by atoms with E-state index in [0.717, 1.165) is 12.8 Å². The second-order valence-corrected chi connectivity index (χ2v) is 7.38. The third-order valence-electron chi connectivity index (χ3n) is 3.34. The zero-order valence-corrected chi connectivity index (χ0v) is 13.0. The number of sulfonamides is 1. The third-order valence-corrected chi connectivity index (χ3v) is 5.58. The van der Waals surface area contributed by atoms with Gasteiger partial charge in [-0.15, -0.1) is 0 Å². The second kappa shape index (κ2) is 6.07. The highest BCUT2D eigenvalue weighted by Crippen LogP contribution is 2.32. The first kappa shape index (κ1) is 15.9. The molecule has 0 heterocycles. The Morgan fingerprint density at radius 2 is 1.90 bits per heavy atom. The van der Waals surface area contributed by atoms with Crippen molar-refractivity contribution in [3.8, 4) is 0 Å². The molecule has 0 bridgehead atoms. The number of anilines is 1. The van der Waals surface area contributed by atoms with Crippen LogP contribution in [0.4, 0.5) is 5.69 Å². The number of aliphatic hydroxyl groups excluding tert-OH is 1. The van der Waals surface area contributed by atoms with Gasteiger partial charge in [-0.05, 0) is 25.0 Å². The Morgan fingerprint density at radius 1 is 1.25 bits per heavy atom. The van der Waals surface area contributed by atoms with Crippen molar-refractivity contribution in [3.63, 3.8) is 0 Å². The summed E-state index contributed by atoms with van der Waals surface area (Å²) in [5.41, 5.74) is 5.68. The quantitative estimate of drug-likeness (QED) is 0.736. The standard InChI is InChI=1S/C12H16Cl2N2O3S/c13-7-5-8(14)12(9(15)6-7)20(18,19)16-10-3-1-2-4-11(10)17/h5-6,10-11,16-17H,1-4,15H2. The van der Waals surface area contributed by atoms with Crippen molar-refractivity contribution in [3.05, 3.63) is 22.2 Å². The number of halogens is 2. The molecule has 0 saturated heterocycles. The molecule has 2 atom stereocenters. The van der Waals surface area contributed by atoms with Gasteiger partial charge in [0.05, 0.1) is 16.8 Å². The van der Waals surface area contributed by atoms with Crippen LogP contribution in [0.5, 0.6) is 0 Å². The molecule has 8 heteroatoms. The molecule has 5 nitrogen and oxygen atoms in total. The van der Waals surface area contributed by atoms with Crippen molar-refractivity contribution in [2.75, 3.05) is 5.73 Å². The van der Waals surface area contributed by atoms with Crippen LogP contribution < -0.4 is 10.5 Å². The smallest absolute Gasteiger partial charge is 0.244 e. The van der Waals surface area contributed by atoms with E-state index in [-0.39, 0.29) is 20.6 Å². The van der Waals surface area contributed by atoms with Crippen LogP contribution in [0, 0.1) is 0 Å². The van der Waals surface area contributed by atoms with Gasteiger partial charge in [-0.25, -0.2) is 13.1 Å². The van der Waals surface area contributed by atoms with Gasteiger partial charge < -0.3 is 10.8 Å². The molecule has 1 aliphatic carbocycles. The lowest BCUT2D eigenvalue weighted by atomic mass is 9.93. The first-order valence-corrected chi connectivity index (χ1v) is 8.50. The molecule has 0 spiro atoms. The molecule has 1 aliphatic rings. The summed E-state index contributed by atoms with van der Waals surface area (Å²) in [4.78, 5) is -0.193. The number of nitrogens with two attached hydrogens (primary N) is 1. The fraction of sp³-hybridized carbons (Fsp3) is 0.500. The molecule has 20 heavy (non-hydrogen) atoms. The van der Waals surface area contributed by atoms with E-state index < -0.39 is 22.2 Å². The Hall–Kier alpha value is -0.530. The molecule has 0 amide bonds. The molecule has 0 aliphatic heterocycles. The highest BCUT2D eigenvalue weighted by atomic mass is 35.5. The number of benzene rings is 1. The number of hydrogen-bond acceptors (Lipinski definition) is 4. The number of nitrogen functional groups attached to an aromatic ring is 1. The summed E-state index contributed by atoms with van der Waals surface area (Å²) in [5, 5.41) is 10.1. The van der Waals surface area contributed by atoms with Crippen molar-refractivity contribution < 1.29 is 13.5 Å². The first-order chi connectivity index (χ1) is 9.31. The van der Waals surface area contributed by atoms with Gasteiger partial charge in [0, 0.05) is 11.1 Å². The van der Waals surface area contributed by atoms with Crippen molar-refractivity contribution >= 4 is 38.9 Å². The lowest BCUT2D eigenvalue weighted by molar-refractivity contribution is 0.101. The predicted molar refractivity (Wildman–Crippen MR) is 79.5 cm³/mol. The Bertz CT molecular complexity index is 584. The number of rotatable bonds is 3. The largest absolute Gasteiger partial charge is 0.398 e. The number of nitrogens with one attached hydrogen (secondary N) is 1. The van der Waals surface area contributed by atoms with Gasteiger partial charge in [-0.1, -0.05) is 36.0 Å². The van der Waals surface area contributed by atoms with Gasteiger partial charge in [0.15, 0.2) is 0 Å². The van der Waals surface area contributed by atoms with E-state index in [1.54, 1.807) is 0 Å². The molecule has 0 radical (unpaired) electrons. The molecule has 2 unspecified atom stereocenters. The van der Waals surface area contributed by atoms with Crippen molar-refractivity contribution in [1.82, 2.24) is 4.72 Å². The van der Waals surface area contributed by atoms with E-state index in [4.69, 9.17) is 28.9 Å². The summed E-state index contributed by atoms with van der Waals surface area (Å²) in [6.45, 7) is 0. The van der Waals surface area contributed by atoms with Gasteiger partial charge in [0.1, 0.15) is 4.90 Å². The van der Waals surface area contributed by atoms with E-state index in [9.17, 15) is 13.5 Å². The topological polar surface area (TPSA) is 92.4 Å². The molecule has 112 valence electrons. The lowest BCUT2D eigenvalue weighted by Gasteiger charge is -2.28. The summed E-state index contributed by atoms with van der Waals surface area (Å²) < 4.78 is 27.2. The van der Waals surface area contributed by atoms with Gasteiger partial charge in [-0.3, -0.25) is 0 Å². The van der Waals surface area contributed by atoms with Gasteiger partial charge in [0.2, 0.25) is 10.0 Å². The van der Waals surface area contributed by atoms with Crippen LogP contribution >= 0.6 is 23.2 Å². The van der Waals surface area contributed by atoms with E-state index in [2.05, 4.69) is 4.72 Å². The van der Waals surface area contributed by atoms with E-state index >= 15 is 0 Å². The minimum atomic E-state index is -3.90. The van der Waals surface area contributed by atoms with Crippen LogP contribution in [0.15, 0.2) is 17.0 Å². The van der Waals surface area contributed by atoms with E-state index in [1.807, 2.05) is 0 Å². The summed E-state index contributed by atoms with van der Waals surface area (Å²) in [7, 11) is -3.90. The Morgan fingerprint density at radius 3 is 2.50 bits per heavy atom. The molecule has 1 saturated carbocycles. The summed E-state index contributed by atoms with van der Waals surface area (Å²) in [6, 6.07) is 2.14. The molecule has 1 aromatic carbocycles. The molecule has 1 fully saturated rings. The van der Waals surface area contributed by atoms with Crippen LogP contribution in [-0.2, 0) is 10.0 Å². The average Bonchev–Trinajstić information content (AvgIpc) is 2.30. The maximum atomic E-state index is 12.4. The summed E-state index contributed by atoms with van der Waals surface area (Å²) in [6.07, 6.45) is 2.24. The Balaban J connectivity index is 2.31. The van der Waals surface area contributed by atoms with Crippen LogP contribution in [-0.4, -0.2) is 25.7 Å². The van der Waals surface area contributed by atoms with Gasteiger partial charge in [-0.2, -0.15) is 0 Å². The van der Waals surface area contributed by atoms with Crippen molar-refractivity contribution in [2.45, 2.75) is 42.7 Å². The molecular weight excluding hydrogens is 323 g/mol. The Labute approximate surface area is 128 Å². The van der Waals surface area contributed by atoms with Crippen molar-refractivity contribution in [2.24, 2.45) is 0 Å². The zero-order chi connectivity index (χ0) is 14.9. The molecule has 0 aromatic heterocycles. The second-order valence-electron chi connectivity index (χ2n) is 4.89. The number of hydrogen-bond donors (Lipinski definition) is 3. The predicted octanol–water partition coefficient (Wildman–Crippen LogP) is 2.16. The third kappa shape index (κ3) is 3.38. The van der Waals surface area contributed by atoms with E-state index in [1.165, 1.54) is 12.1 Å². The molecule has 4 N–H and O–H groups in total. The highest BCUT2D eigenvalue weighted by molar-refractivity contribution is 7.89. The number of aliphatic hydroxyl groups is 1. The molecule has 2 rings (SSSR count). The van der Waals surface area contributed by atoms with Crippen LogP contribution in [0.1, 0.15) is 25.7 Å². The normalized spacial score (nSPS) is 23.8. The van der Waals surface area contributed by atoms with Gasteiger partial charge in [0.25, 0.3) is 0 Å². The molecule has 1 aromatic rings. The first-order valence-electron chi connectivity index (χ1n) is 6.26. The monoisotopic (exact) mass is 338 g/mol. The minimum absolute atomic E-state index is 0.0136. The summed E-state index contributed by atoms with van der Waals surface area (Å²) >= 11 is 11.7. The Kier molecular flexibility index (Phi) is 4.81. The van der Waals surface area contributed by atoms with Crippen LogP contribution in [0.3, 0.4) is 0 Å². The fourth-order valence-corrected chi connectivity index (χ4v) is 4.66. The zero-order valence-electron chi connectivity index (χ0n) is 10.6. The van der Waals surface area contributed by atoms with Crippen LogP contribution in [0.2, 0.25) is 10.0 Å². The maximum Gasteiger partial charge on any atom is 0.244 e. The summed E-state index contributed by atoms with van der Waals surface area (Å²) in [5.74, 6) is 0. The fourth-order valence-electron chi connectivity index (χ4n) is 2.37. The highest BCUT2D eigenvalue weighted by Gasteiger charge is 2.30. The van der Waals surface area contributed by atoms with Gasteiger partial charge >= 0.3 is 0 Å². The molecular formula is C12H16Cl2N2O3S. The van der Waals surface area contributed by atoms with E-state index in [0.29, 0.717) is 12.8 Å². The minimum Gasteiger partial charge on any atom is -0.398 e. The average molecular weight is 339 g/mol. The maximum absolute atomic E-state index is 12.4. The SMILES string of the molecule is Nc1cc(Cl)cc(Cl)c1S(=O)(=O)NC1CCCCC1O. The van der Waals surface area contributed by atoms with Crippen LogP contribution in [0.25, 0.3) is 0 Å². The van der Waals surface area contributed by atoms with Crippen molar-refractivity contribution in [1.29, 1.82) is 0 Å². The lowest BCUT2D eigenvalue weighted by Crippen LogP contribution is -2.45.